The number of rotatable bonds is 0. The summed E-state index contributed by atoms with van der Waals surface area (Å²) in [6, 6.07) is 0. The predicted octanol–water partition coefficient (Wildman–Crippen LogP) is 1.27. The smallest absolute Gasteiger partial charge is 0.761 e. The molecule has 0 saturated heterocycles. The second-order valence-corrected chi connectivity index (χ2v) is 3.96. The molecule has 17 heavy (non-hydrogen) atoms. The molecule has 0 saturated carbocycles. The molecule has 2 N–H and O–H groups in total. The molecule has 0 bridgehead atoms. The van der Waals surface area contributed by atoms with E-state index in [4.69, 9.17) is 35.7 Å². The van der Waals surface area contributed by atoms with Gasteiger partial charge in [0, 0.05) is 12.4 Å². The Balaban J connectivity index is 0.000000284. The van der Waals surface area contributed by atoms with Crippen LogP contribution in [0.5, 0.6) is 0 Å². The predicted molar refractivity (Wildman–Crippen MR) is 66.1 cm³/mol. The fourth-order valence-electron chi connectivity index (χ4n) is 0.940. The minimum Gasteiger partial charge on any atom is -0.761 e. The molecule has 2 aliphatic rings. The fourth-order valence-corrected chi connectivity index (χ4v) is 1.26. The molecular formula is C10H12CdN2O2S2. The summed E-state index contributed by atoms with van der Waals surface area (Å²) in [5.41, 5.74) is 0. The molecule has 0 aromatic heterocycles. The maximum Gasteiger partial charge on any atom is 2.00 e. The van der Waals surface area contributed by atoms with E-state index in [1.54, 1.807) is 24.3 Å². The van der Waals surface area contributed by atoms with E-state index in [1.807, 2.05) is 12.2 Å². The Morgan fingerprint density at radius 2 is 1.12 bits per heavy atom. The van der Waals surface area contributed by atoms with Gasteiger partial charge in [0.15, 0.2) is 0 Å². The average molecular weight is 369 g/mol. The molecule has 2 unspecified atom stereocenters. The summed E-state index contributed by atoms with van der Waals surface area (Å²) in [5.74, 6) is 0. The van der Waals surface area contributed by atoms with Gasteiger partial charge in [0.2, 0.25) is 0 Å². The van der Waals surface area contributed by atoms with Crippen LogP contribution in [0.4, 0.5) is 0 Å². The summed E-state index contributed by atoms with van der Waals surface area (Å²) in [5, 5.41) is 18.9. The second-order valence-electron chi connectivity index (χ2n) is 2.99. The van der Waals surface area contributed by atoms with E-state index >= 15 is 0 Å². The van der Waals surface area contributed by atoms with Crippen molar-refractivity contribution in [3.8, 4) is 0 Å². The standard InChI is InChI=1S/2C5H7NOS.Cd/c2*7-6-4-2-1-3-5(6)8;/h2*1-5,7-8H;/q;;+2/p-2. The molecule has 0 spiro atoms. The van der Waals surface area contributed by atoms with Crippen LogP contribution in [0.25, 0.3) is 0 Å². The summed E-state index contributed by atoms with van der Waals surface area (Å²) in [6.45, 7) is 0. The molecule has 0 amide bonds. The van der Waals surface area contributed by atoms with Crippen LogP contribution in [0.15, 0.2) is 48.9 Å². The molecule has 0 radical (unpaired) electrons. The van der Waals surface area contributed by atoms with Gasteiger partial charge in [0.1, 0.15) is 0 Å². The van der Waals surface area contributed by atoms with E-state index in [0.717, 1.165) is 10.1 Å². The first-order valence-corrected chi connectivity index (χ1v) is 5.51. The maximum atomic E-state index is 8.77. The number of hydrogen-bond donors (Lipinski definition) is 2. The Morgan fingerprint density at radius 1 is 0.765 bits per heavy atom. The molecule has 88 valence electrons. The van der Waals surface area contributed by atoms with Crippen molar-refractivity contribution >= 4 is 25.3 Å². The van der Waals surface area contributed by atoms with Crippen molar-refractivity contribution < 1.29 is 37.7 Å². The van der Waals surface area contributed by atoms with Gasteiger partial charge in [-0.25, -0.2) is 0 Å². The summed E-state index contributed by atoms with van der Waals surface area (Å²) < 4.78 is 0. The maximum absolute atomic E-state index is 8.77. The van der Waals surface area contributed by atoms with E-state index in [0.29, 0.717) is 0 Å². The summed E-state index contributed by atoms with van der Waals surface area (Å²) in [6.07, 6.45) is 13.6. The van der Waals surface area contributed by atoms with Crippen LogP contribution in [0.1, 0.15) is 0 Å². The number of hydroxylamine groups is 4. The normalized spacial score (nSPS) is 25.2. The quantitative estimate of drug-likeness (QED) is 0.496. The van der Waals surface area contributed by atoms with Gasteiger partial charge in [-0.1, -0.05) is 24.3 Å². The fraction of sp³-hybridized carbons (Fsp3) is 0.200. The van der Waals surface area contributed by atoms with Gasteiger partial charge in [0.05, 0.1) is 0 Å². The van der Waals surface area contributed by atoms with Crippen molar-refractivity contribution in [2.75, 3.05) is 0 Å². The van der Waals surface area contributed by atoms with Crippen molar-refractivity contribution in [1.29, 1.82) is 0 Å². The van der Waals surface area contributed by atoms with Crippen molar-refractivity contribution in [2.45, 2.75) is 10.7 Å². The molecule has 0 aliphatic carbocycles. The molecule has 2 atom stereocenters. The molecule has 2 rings (SSSR count). The molecule has 0 aromatic carbocycles. The number of allylic oxidation sites excluding steroid dienone is 4. The third-order valence-electron chi connectivity index (χ3n) is 1.77. The van der Waals surface area contributed by atoms with Crippen molar-refractivity contribution in [1.82, 2.24) is 10.1 Å². The van der Waals surface area contributed by atoms with Crippen LogP contribution in [-0.2, 0) is 52.6 Å². The topological polar surface area (TPSA) is 46.9 Å². The molecule has 2 aliphatic heterocycles. The Kier molecular flexibility index (Phi) is 9.14. The van der Waals surface area contributed by atoms with Gasteiger partial charge in [-0.05, 0) is 22.9 Å². The van der Waals surface area contributed by atoms with Gasteiger partial charge < -0.3 is 25.3 Å². The van der Waals surface area contributed by atoms with Crippen LogP contribution < -0.4 is 0 Å². The van der Waals surface area contributed by atoms with Gasteiger partial charge in [-0.15, -0.1) is 0 Å². The summed E-state index contributed by atoms with van der Waals surface area (Å²) in [4.78, 5) is 0. The van der Waals surface area contributed by atoms with Crippen LogP contribution in [0, 0.1) is 0 Å². The van der Waals surface area contributed by atoms with E-state index in [9.17, 15) is 0 Å². The van der Waals surface area contributed by atoms with E-state index in [2.05, 4.69) is 0 Å². The van der Waals surface area contributed by atoms with E-state index < -0.39 is 0 Å². The Bertz CT molecular complexity index is 270. The number of hydrogen-bond acceptors (Lipinski definition) is 6. The van der Waals surface area contributed by atoms with Gasteiger partial charge in [-0.2, -0.15) is 0 Å². The van der Waals surface area contributed by atoms with Gasteiger partial charge in [-0.3, -0.25) is 20.5 Å². The van der Waals surface area contributed by atoms with Gasteiger partial charge >= 0.3 is 27.3 Å². The average Bonchev–Trinajstić information content (AvgIpc) is 2.28. The second kappa shape index (κ2) is 9.09. The van der Waals surface area contributed by atoms with Crippen molar-refractivity contribution in [3.63, 3.8) is 0 Å². The van der Waals surface area contributed by atoms with Crippen LogP contribution >= 0.6 is 0 Å². The van der Waals surface area contributed by atoms with Crippen molar-refractivity contribution in [2.24, 2.45) is 0 Å². The third kappa shape index (κ3) is 6.56. The Hall–Kier alpha value is 0.102. The Labute approximate surface area is 132 Å². The first-order valence-electron chi connectivity index (χ1n) is 4.57. The summed E-state index contributed by atoms with van der Waals surface area (Å²) >= 11 is 9.50. The van der Waals surface area contributed by atoms with Crippen LogP contribution in [0.3, 0.4) is 0 Å². The first-order chi connectivity index (χ1) is 7.61. The molecule has 0 aromatic rings. The molecule has 4 nitrogen and oxygen atoms in total. The Morgan fingerprint density at radius 3 is 1.29 bits per heavy atom. The third-order valence-corrected chi connectivity index (χ3v) is 2.52. The monoisotopic (exact) mass is 370 g/mol. The zero-order valence-corrected chi connectivity index (χ0v) is 14.8. The minimum atomic E-state index is -0.292. The largest absolute Gasteiger partial charge is 2.00 e. The molecular weight excluding hydrogens is 357 g/mol. The van der Waals surface area contributed by atoms with E-state index in [1.165, 1.54) is 12.4 Å². The van der Waals surface area contributed by atoms with Gasteiger partial charge in [0.25, 0.3) is 0 Å². The molecule has 0 fully saturated rings. The molecule has 7 heteroatoms. The van der Waals surface area contributed by atoms with Crippen molar-refractivity contribution in [3.05, 3.63) is 48.9 Å². The first kappa shape index (κ1) is 17.1. The zero-order valence-electron chi connectivity index (χ0n) is 9.09. The zero-order chi connectivity index (χ0) is 12.0. The molecule has 2 heterocycles. The number of nitrogens with zero attached hydrogens (tertiary/aromatic N) is 2. The van der Waals surface area contributed by atoms with Crippen LogP contribution in [-0.4, -0.2) is 31.3 Å². The summed E-state index contributed by atoms with van der Waals surface area (Å²) in [7, 11) is 0. The SMILES string of the molecule is ON1C=CC=CC1[S-].ON1C=CC=CC1[S-].[Cd+2]. The minimum absolute atomic E-state index is 0. The van der Waals surface area contributed by atoms with Crippen LogP contribution in [0.2, 0.25) is 0 Å². The van der Waals surface area contributed by atoms with E-state index in [-0.39, 0.29) is 38.0 Å².